The Bertz CT molecular complexity index is 1130. The lowest BCUT2D eigenvalue weighted by molar-refractivity contribution is -0.136. The normalized spacial score (nSPS) is 10.5. The van der Waals surface area contributed by atoms with E-state index in [-0.39, 0.29) is 5.69 Å². The Kier molecular flexibility index (Phi) is 6.85. The third-order valence-corrected chi connectivity index (χ3v) is 4.03. The fourth-order valence-corrected chi connectivity index (χ4v) is 2.50. The maximum Gasteiger partial charge on any atom is 0.343 e. The fourth-order valence-electron chi connectivity index (χ4n) is 2.50. The first-order valence-corrected chi connectivity index (χ1v) is 9.19. The van der Waals surface area contributed by atoms with Crippen LogP contribution in [-0.4, -0.2) is 24.0 Å². The third kappa shape index (κ3) is 6.33. The van der Waals surface area contributed by atoms with Crippen molar-refractivity contribution in [1.82, 2.24) is 5.43 Å². The van der Waals surface area contributed by atoms with Crippen molar-refractivity contribution in [2.24, 2.45) is 5.10 Å². The van der Waals surface area contributed by atoms with Crippen molar-refractivity contribution in [2.45, 2.75) is 6.92 Å². The quantitative estimate of drug-likeness (QED) is 0.218. The van der Waals surface area contributed by atoms with Crippen LogP contribution in [0.2, 0.25) is 0 Å². The van der Waals surface area contributed by atoms with E-state index in [1.165, 1.54) is 18.3 Å². The van der Waals surface area contributed by atoms with Crippen LogP contribution < -0.4 is 15.5 Å². The molecule has 31 heavy (non-hydrogen) atoms. The first kappa shape index (κ1) is 21.4. The molecule has 0 radical (unpaired) electrons. The molecular weight excluding hydrogens is 401 g/mol. The second kappa shape index (κ2) is 9.93. The second-order valence-electron chi connectivity index (χ2n) is 6.49. The summed E-state index contributed by atoms with van der Waals surface area (Å²) in [7, 11) is 0. The van der Waals surface area contributed by atoms with E-state index in [4.69, 9.17) is 4.74 Å². The SMILES string of the molecule is Cc1cccc(C(=O)Oc2ccc(/C=N/NC(=O)C(=O)Nc3ccc(F)cc3)cc2)c1. The summed E-state index contributed by atoms with van der Waals surface area (Å²) in [4.78, 5) is 35.7. The number of carbonyl (C=O) groups is 3. The number of ether oxygens (including phenoxy) is 1. The van der Waals surface area contributed by atoms with Gasteiger partial charge in [-0.3, -0.25) is 9.59 Å². The second-order valence-corrected chi connectivity index (χ2v) is 6.49. The van der Waals surface area contributed by atoms with Crippen LogP contribution in [-0.2, 0) is 9.59 Å². The minimum absolute atomic E-state index is 0.279. The molecule has 2 amide bonds. The van der Waals surface area contributed by atoms with Crippen LogP contribution >= 0.6 is 0 Å². The van der Waals surface area contributed by atoms with Crippen LogP contribution in [0, 0.1) is 12.7 Å². The number of halogens is 1. The lowest BCUT2D eigenvalue weighted by Crippen LogP contribution is -2.32. The molecule has 0 aromatic heterocycles. The summed E-state index contributed by atoms with van der Waals surface area (Å²) in [5.74, 6) is -2.50. The summed E-state index contributed by atoms with van der Waals surface area (Å²) >= 11 is 0. The van der Waals surface area contributed by atoms with E-state index in [0.29, 0.717) is 16.9 Å². The number of hydrogen-bond donors (Lipinski definition) is 2. The molecule has 0 atom stereocenters. The van der Waals surface area contributed by atoms with Gasteiger partial charge < -0.3 is 10.1 Å². The molecule has 7 nitrogen and oxygen atoms in total. The van der Waals surface area contributed by atoms with Gasteiger partial charge in [-0.1, -0.05) is 17.7 Å². The van der Waals surface area contributed by atoms with Crippen LogP contribution in [0.4, 0.5) is 10.1 Å². The molecule has 0 aliphatic heterocycles. The Labute approximate surface area is 177 Å². The highest BCUT2D eigenvalue weighted by atomic mass is 19.1. The molecule has 0 aliphatic carbocycles. The zero-order chi connectivity index (χ0) is 22.2. The maximum atomic E-state index is 12.9. The molecule has 0 saturated heterocycles. The maximum absolute atomic E-state index is 12.9. The highest BCUT2D eigenvalue weighted by Crippen LogP contribution is 2.14. The fraction of sp³-hybridized carbons (Fsp3) is 0.0435. The van der Waals surface area contributed by atoms with Crippen LogP contribution in [0.15, 0.2) is 77.9 Å². The van der Waals surface area contributed by atoms with E-state index in [2.05, 4.69) is 15.8 Å². The highest BCUT2D eigenvalue weighted by molar-refractivity contribution is 6.39. The number of rotatable bonds is 5. The van der Waals surface area contributed by atoms with Crippen molar-refractivity contribution in [2.75, 3.05) is 5.32 Å². The number of benzene rings is 3. The molecule has 3 aromatic carbocycles. The Hall–Kier alpha value is -4.33. The van der Waals surface area contributed by atoms with Gasteiger partial charge in [0.05, 0.1) is 11.8 Å². The van der Waals surface area contributed by atoms with E-state index in [9.17, 15) is 18.8 Å². The van der Waals surface area contributed by atoms with Gasteiger partial charge in [-0.25, -0.2) is 14.6 Å². The van der Waals surface area contributed by atoms with Crippen molar-refractivity contribution in [3.8, 4) is 5.75 Å². The zero-order valence-corrected chi connectivity index (χ0v) is 16.5. The Balaban J connectivity index is 1.50. The van der Waals surface area contributed by atoms with Gasteiger partial charge in [0, 0.05) is 5.69 Å². The van der Waals surface area contributed by atoms with Crippen molar-refractivity contribution in [3.05, 3.63) is 95.3 Å². The summed E-state index contributed by atoms with van der Waals surface area (Å²) in [6, 6.07) is 18.5. The topological polar surface area (TPSA) is 96.9 Å². The Morgan fingerprint density at radius 3 is 2.32 bits per heavy atom. The van der Waals surface area contributed by atoms with E-state index in [1.54, 1.807) is 42.5 Å². The molecule has 0 fully saturated rings. The average molecular weight is 419 g/mol. The predicted octanol–water partition coefficient (Wildman–Crippen LogP) is 3.44. The van der Waals surface area contributed by atoms with Crippen molar-refractivity contribution < 1.29 is 23.5 Å². The van der Waals surface area contributed by atoms with Crippen LogP contribution in [0.1, 0.15) is 21.5 Å². The number of nitrogens with zero attached hydrogens (tertiary/aromatic N) is 1. The highest BCUT2D eigenvalue weighted by Gasteiger charge is 2.13. The van der Waals surface area contributed by atoms with Crippen molar-refractivity contribution >= 4 is 29.7 Å². The van der Waals surface area contributed by atoms with Gasteiger partial charge >= 0.3 is 17.8 Å². The lowest BCUT2D eigenvalue weighted by Gasteiger charge is -2.05. The van der Waals surface area contributed by atoms with Gasteiger partial charge in [0.2, 0.25) is 0 Å². The van der Waals surface area contributed by atoms with E-state index < -0.39 is 23.6 Å². The molecule has 3 rings (SSSR count). The molecular formula is C23H18FN3O4. The zero-order valence-electron chi connectivity index (χ0n) is 16.5. The lowest BCUT2D eigenvalue weighted by atomic mass is 10.1. The molecule has 0 unspecified atom stereocenters. The monoisotopic (exact) mass is 419 g/mol. The number of aryl methyl sites for hydroxylation is 1. The molecule has 0 saturated carbocycles. The smallest absolute Gasteiger partial charge is 0.343 e. The number of carbonyl (C=O) groups excluding carboxylic acids is 3. The molecule has 0 spiro atoms. The number of amides is 2. The van der Waals surface area contributed by atoms with Gasteiger partial charge in [0.1, 0.15) is 11.6 Å². The number of hydrazone groups is 1. The Morgan fingerprint density at radius 2 is 1.65 bits per heavy atom. The number of nitrogens with one attached hydrogen (secondary N) is 2. The molecule has 156 valence electrons. The summed E-state index contributed by atoms with van der Waals surface area (Å²) < 4.78 is 18.2. The van der Waals surface area contributed by atoms with Crippen molar-refractivity contribution in [1.29, 1.82) is 0 Å². The van der Waals surface area contributed by atoms with E-state index >= 15 is 0 Å². The standard InChI is InChI=1S/C23H18FN3O4/c1-15-3-2-4-17(13-15)23(30)31-20-11-5-16(6-12-20)14-25-27-22(29)21(28)26-19-9-7-18(24)8-10-19/h2-14H,1H3,(H,26,28)(H,27,29)/b25-14+. The first-order chi connectivity index (χ1) is 14.9. The van der Waals surface area contributed by atoms with Crippen molar-refractivity contribution in [3.63, 3.8) is 0 Å². The summed E-state index contributed by atoms with van der Waals surface area (Å²) in [5, 5.41) is 6.03. The summed E-state index contributed by atoms with van der Waals surface area (Å²) in [6.07, 6.45) is 1.33. The van der Waals surface area contributed by atoms with E-state index in [1.807, 2.05) is 13.0 Å². The largest absolute Gasteiger partial charge is 0.423 e. The predicted molar refractivity (Wildman–Crippen MR) is 113 cm³/mol. The molecule has 0 aliphatic rings. The first-order valence-electron chi connectivity index (χ1n) is 9.19. The van der Waals surface area contributed by atoms with E-state index in [0.717, 1.165) is 17.7 Å². The average Bonchev–Trinajstić information content (AvgIpc) is 2.76. The van der Waals surface area contributed by atoms with Gasteiger partial charge in [-0.15, -0.1) is 0 Å². The van der Waals surface area contributed by atoms with Crippen LogP contribution in [0.5, 0.6) is 5.75 Å². The number of anilines is 1. The third-order valence-electron chi connectivity index (χ3n) is 4.03. The number of hydrogen-bond acceptors (Lipinski definition) is 5. The minimum Gasteiger partial charge on any atom is -0.423 e. The molecule has 3 aromatic rings. The Morgan fingerprint density at radius 1 is 0.935 bits per heavy atom. The van der Waals surface area contributed by atoms with Gasteiger partial charge in [-0.05, 0) is 73.2 Å². The van der Waals surface area contributed by atoms with Crippen LogP contribution in [0.3, 0.4) is 0 Å². The van der Waals surface area contributed by atoms with Gasteiger partial charge in [-0.2, -0.15) is 5.10 Å². The summed E-state index contributed by atoms with van der Waals surface area (Å²) in [6.45, 7) is 1.89. The van der Waals surface area contributed by atoms with Gasteiger partial charge in [0.25, 0.3) is 0 Å². The summed E-state index contributed by atoms with van der Waals surface area (Å²) in [5.41, 5.74) is 4.38. The van der Waals surface area contributed by atoms with Gasteiger partial charge in [0.15, 0.2) is 0 Å². The minimum atomic E-state index is -0.982. The molecule has 2 N–H and O–H groups in total. The molecule has 0 heterocycles. The molecule has 0 bridgehead atoms. The number of esters is 1. The molecule has 8 heteroatoms. The van der Waals surface area contributed by atoms with Crippen LogP contribution in [0.25, 0.3) is 0 Å².